The van der Waals surface area contributed by atoms with E-state index in [2.05, 4.69) is 0 Å². The van der Waals surface area contributed by atoms with E-state index in [4.69, 9.17) is 21.4 Å². The number of carboxylic acids is 1. The molecule has 1 fully saturated rings. The fourth-order valence-corrected chi connectivity index (χ4v) is 2.29. The van der Waals surface area contributed by atoms with Gasteiger partial charge in [0.2, 0.25) is 0 Å². The summed E-state index contributed by atoms with van der Waals surface area (Å²) in [6, 6.07) is 5.56. The highest BCUT2D eigenvalue weighted by molar-refractivity contribution is 6.30. The van der Waals surface area contributed by atoms with Crippen LogP contribution in [0.15, 0.2) is 24.3 Å². The summed E-state index contributed by atoms with van der Waals surface area (Å²) in [5.74, 6) is -1.18. The second kappa shape index (κ2) is 6.11. The Hall–Kier alpha value is -1.79. The Morgan fingerprint density at radius 2 is 2.20 bits per heavy atom. The molecule has 1 aromatic rings. The lowest BCUT2D eigenvalue weighted by atomic mass is 10.2. The molecule has 1 heterocycles. The van der Waals surface area contributed by atoms with E-state index >= 15 is 0 Å². The summed E-state index contributed by atoms with van der Waals surface area (Å²) < 4.78 is 5.27. The van der Waals surface area contributed by atoms with Gasteiger partial charge in [-0.25, -0.2) is 4.79 Å². The van der Waals surface area contributed by atoms with Gasteiger partial charge in [-0.15, -0.1) is 0 Å². The van der Waals surface area contributed by atoms with Gasteiger partial charge >= 0.3 is 5.97 Å². The number of aliphatic hydroxyl groups excluding tert-OH is 1. The Morgan fingerprint density at radius 3 is 2.85 bits per heavy atom. The molecule has 0 bridgehead atoms. The Labute approximate surface area is 120 Å². The second-order valence-corrected chi connectivity index (χ2v) is 4.97. The molecule has 0 aromatic heterocycles. The average molecular weight is 300 g/mol. The van der Waals surface area contributed by atoms with Crippen LogP contribution in [0.2, 0.25) is 5.02 Å². The highest BCUT2D eigenvalue weighted by Crippen LogP contribution is 2.20. The van der Waals surface area contributed by atoms with Crippen LogP contribution in [0, 0.1) is 0 Å². The number of amides is 1. The maximum Gasteiger partial charge on any atom is 0.326 e. The van der Waals surface area contributed by atoms with E-state index in [1.807, 2.05) is 0 Å². The van der Waals surface area contributed by atoms with Gasteiger partial charge in [-0.3, -0.25) is 4.79 Å². The third kappa shape index (κ3) is 3.40. The van der Waals surface area contributed by atoms with Gasteiger partial charge in [-0.2, -0.15) is 0 Å². The topological polar surface area (TPSA) is 87.1 Å². The van der Waals surface area contributed by atoms with E-state index in [1.54, 1.807) is 24.3 Å². The fourth-order valence-electron chi connectivity index (χ4n) is 2.11. The van der Waals surface area contributed by atoms with Crippen LogP contribution in [0.3, 0.4) is 0 Å². The molecule has 1 aromatic carbocycles. The Bertz CT molecular complexity index is 521. The standard InChI is InChI=1S/C13H14ClNO5/c14-8-2-1-3-10(4-8)20-7-12(17)15-6-9(16)5-11(15)13(18)19/h1-4,9,11,16H,5-7H2,(H,18,19)/t9-,11+/m1/s1. The minimum Gasteiger partial charge on any atom is -0.484 e. The van der Waals surface area contributed by atoms with Crippen molar-refractivity contribution in [1.82, 2.24) is 4.90 Å². The normalized spacial score (nSPS) is 21.8. The molecular weight excluding hydrogens is 286 g/mol. The lowest BCUT2D eigenvalue weighted by Crippen LogP contribution is -2.42. The summed E-state index contributed by atoms with van der Waals surface area (Å²) in [6.07, 6.45) is -0.774. The predicted molar refractivity (Wildman–Crippen MR) is 70.7 cm³/mol. The fraction of sp³-hybridized carbons (Fsp3) is 0.385. The van der Waals surface area contributed by atoms with Crippen LogP contribution in [-0.2, 0) is 9.59 Å². The van der Waals surface area contributed by atoms with Crippen LogP contribution in [0.4, 0.5) is 0 Å². The first kappa shape index (κ1) is 14.6. The van der Waals surface area contributed by atoms with Gasteiger partial charge in [-0.1, -0.05) is 17.7 Å². The van der Waals surface area contributed by atoms with Crippen molar-refractivity contribution >= 4 is 23.5 Å². The smallest absolute Gasteiger partial charge is 0.326 e. The lowest BCUT2D eigenvalue weighted by Gasteiger charge is -2.21. The number of β-amino-alcohol motifs (C(OH)–C–C–N with tert-alkyl or cyclic N) is 1. The largest absolute Gasteiger partial charge is 0.484 e. The molecule has 1 saturated heterocycles. The maximum absolute atomic E-state index is 12.0. The summed E-state index contributed by atoms with van der Waals surface area (Å²) >= 11 is 5.79. The number of aliphatic hydroxyl groups is 1. The van der Waals surface area contributed by atoms with Gasteiger partial charge < -0.3 is 19.8 Å². The number of hydrogen-bond donors (Lipinski definition) is 2. The zero-order valence-corrected chi connectivity index (χ0v) is 11.3. The van der Waals surface area contributed by atoms with Gasteiger partial charge in [0.25, 0.3) is 5.91 Å². The van der Waals surface area contributed by atoms with Crippen molar-refractivity contribution in [2.24, 2.45) is 0 Å². The van der Waals surface area contributed by atoms with Crippen molar-refractivity contribution in [3.05, 3.63) is 29.3 Å². The first-order valence-corrected chi connectivity index (χ1v) is 6.44. The molecule has 108 valence electrons. The monoisotopic (exact) mass is 299 g/mol. The Kier molecular flexibility index (Phi) is 4.46. The number of carbonyl (C=O) groups excluding carboxylic acids is 1. The van der Waals surface area contributed by atoms with Crippen molar-refractivity contribution in [3.63, 3.8) is 0 Å². The number of ether oxygens (including phenoxy) is 1. The first-order chi connectivity index (χ1) is 9.47. The van der Waals surface area contributed by atoms with Crippen LogP contribution in [0.1, 0.15) is 6.42 Å². The number of rotatable bonds is 4. The number of nitrogens with zero attached hydrogens (tertiary/aromatic N) is 1. The van der Waals surface area contributed by atoms with Crippen LogP contribution in [-0.4, -0.2) is 52.3 Å². The minimum absolute atomic E-state index is 0.00864. The van der Waals surface area contributed by atoms with Gasteiger partial charge in [0.1, 0.15) is 11.8 Å². The molecule has 1 aliphatic rings. The Morgan fingerprint density at radius 1 is 1.45 bits per heavy atom. The van der Waals surface area contributed by atoms with Crippen molar-refractivity contribution in [1.29, 1.82) is 0 Å². The molecule has 2 N–H and O–H groups in total. The van der Waals surface area contributed by atoms with Gasteiger partial charge in [0.05, 0.1) is 6.10 Å². The number of likely N-dealkylation sites (tertiary alicyclic amines) is 1. The molecule has 0 saturated carbocycles. The van der Waals surface area contributed by atoms with E-state index in [-0.39, 0.29) is 19.6 Å². The zero-order chi connectivity index (χ0) is 14.7. The SMILES string of the molecule is O=C(O)[C@@H]1C[C@@H](O)CN1C(=O)COc1cccc(Cl)c1. The summed E-state index contributed by atoms with van der Waals surface area (Å²) in [4.78, 5) is 24.1. The summed E-state index contributed by atoms with van der Waals surface area (Å²) in [5.41, 5.74) is 0. The number of carbonyl (C=O) groups is 2. The quantitative estimate of drug-likeness (QED) is 0.857. The second-order valence-electron chi connectivity index (χ2n) is 4.54. The van der Waals surface area contributed by atoms with Crippen molar-refractivity contribution in [3.8, 4) is 5.75 Å². The molecule has 6 nitrogen and oxygen atoms in total. The van der Waals surface area contributed by atoms with Gasteiger partial charge in [0.15, 0.2) is 6.61 Å². The van der Waals surface area contributed by atoms with E-state index in [0.717, 1.165) is 4.90 Å². The number of halogens is 1. The minimum atomic E-state index is -1.13. The molecule has 1 aliphatic heterocycles. The summed E-state index contributed by atoms with van der Waals surface area (Å²) in [6.45, 7) is -0.286. The lowest BCUT2D eigenvalue weighted by molar-refractivity contribution is -0.148. The molecule has 20 heavy (non-hydrogen) atoms. The van der Waals surface area contributed by atoms with E-state index in [9.17, 15) is 14.7 Å². The molecule has 1 amide bonds. The van der Waals surface area contributed by atoms with Crippen molar-refractivity contribution < 1.29 is 24.5 Å². The summed E-state index contributed by atoms with van der Waals surface area (Å²) in [7, 11) is 0. The highest BCUT2D eigenvalue weighted by Gasteiger charge is 2.38. The highest BCUT2D eigenvalue weighted by atomic mass is 35.5. The molecule has 0 radical (unpaired) electrons. The van der Waals surface area contributed by atoms with E-state index < -0.39 is 24.0 Å². The molecule has 2 rings (SSSR count). The van der Waals surface area contributed by atoms with Crippen molar-refractivity contribution in [2.45, 2.75) is 18.6 Å². The van der Waals surface area contributed by atoms with Gasteiger partial charge in [-0.05, 0) is 18.2 Å². The number of hydrogen-bond acceptors (Lipinski definition) is 4. The molecule has 0 unspecified atom stereocenters. The first-order valence-electron chi connectivity index (χ1n) is 6.06. The third-order valence-electron chi connectivity index (χ3n) is 3.04. The maximum atomic E-state index is 12.0. The number of carboxylic acid groups (broad SMARTS) is 1. The molecule has 7 heteroatoms. The molecule has 0 spiro atoms. The predicted octanol–water partition coefficient (Wildman–Crippen LogP) is 0.765. The van der Waals surface area contributed by atoms with Crippen LogP contribution in [0.5, 0.6) is 5.75 Å². The number of benzene rings is 1. The van der Waals surface area contributed by atoms with Crippen molar-refractivity contribution in [2.75, 3.05) is 13.2 Å². The van der Waals surface area contributed by atoms with Gasteiger partial charge in [0, 0.05) is 18.0 Å². The van der Waals surface area contributed by atoms with Crippen LogP contribution < -0.4 is 4.74 Å². The van der Waals surface area contributed by atoms with Crippen LogP contribution in [0.25, 0.3) is 0 Å². The third-order valence-corrected chi connectivity index (χ3v) is 3.28. The number of aliphatic carboxylic acids is 1. The summed E-state index contributed by atoms with van der Waals surface area (Å²) in [5, 5.41) is 19.0. The van der Waals surface area contributed by atoms with Crippen LogP contribution >= 0.6 is 11.6 Å². The molecule has 0 aliphatic carbocycles. The zero-order valence-electron chi connectivity index (χ0n) is 10.5. The van der Waals surface area contributed by atoms with E-state index in [0.29, 0.717) is 10.8 Å². The molecular formula is C13H14ClNO5. The molecule has 2 atom stereocenters. The Balaban J connectivity index is 1.96. The average Bonchev–Trinajstić information content (AvgIpc) is 2.78. The van der Waals surface area contributed by atoms with E-state index in [1.165, 1.54) is 0 Å².